The van der Waals surface area contributed by atoms with Gasteiger partial charge in [0.05, 0.1) is 11.6 Å². The Labute approximate surface area is 73.1 Å². The number of carbonyl (C=O) groups excluding carboxylic acids is 1. The number of amides is 1. The Kier molecular flexibility index (Phi) is 4.20. The summed E-state index contributed by atoms with van der Waals surface area (Å²) in [5.41, 5.74) is 4.83. The predicted octanol–water partition coefficient (Wildman–Crippen LogP) is -0.389. The second kappa shape index (κ2) is 4.42. The molecule has 4 N–H and O–H groups in total. The highest BCUT2D eigenvalue weighted by molar-refractivity contribution is 5.85. The molecular formula is C8H18N2O2. The zero-order valence-electron chi connectivity index (χ0n) is 7.92. The molecule has 0 aromatic heterocycles. The van der Waals surface area contributed by atoms with Gasteiger partial charge in [0.2, 0.25) is 5.91 Å². The Morgan fingerprint density at radius 3 is 2.58 bits per heavy atom. The number of carbonyl (C=O) groups is 1. The molecule has 0 fully saturated rings. The molecule has 0 aliphatic rings. The van der Waals surface area contributed by atoms with E-state index in [4.69, 9.17) is 10.8 Å². The lowest BCUT2D eigenvalue weighted by atomic mass is 9.99. The van der Waals surface area contributed by atoms with Gasteiger partial charge in [-0.3, -0.25) is 4.79 Å². The summed E-state index contributed by atoms with van der Waals surface area (Å²) >= 11 is 0. The summed E-state index contributed by atoms with van der Waals surface area (Å²) in [5, 5.41) is 11.4. The fourth-order valence-electron chi connectivity index (χ4n) is 0.603. The van der Waals surface area contributed by atoms with Gasteiger partial charge in [-0.25, -0.2) is 0 Å². The number of rotatable bonds is 4. The summed E-state index contributed by atoms with van der Waals surface area (Å²) in [6.07, 6.45) is 0.0557. The highest BCUT2D eigenvalue weighted by Gasteiger charge is 2.25. The van der Waals surface area contributed by atoms with Crippen LogP contribution in [-0.4, -0.2) is 29.2 Å². The molecule has 0 saturated heterocycles. The average molecular weight is 174 g/mol. The van der Waals surface area contributed by atoms with E-state index in [1.54, 1.807) is 13.8 Å². The lowest BCUT2D eigenvalue weighted by molar-refractivity contribution is -0.126. The van der Waals surface area contributed by atoms with Gasteiger partial charge in [0.1, 0.15) is 0 Å². The fraction of sp³-hybridized carbons (Fsp3) is 0.875. The van der Waals surface area contributed by atoms with E-state index in [9.17, 15) is 4.79 Å². The molecule has 1 amide bonds. The third-order valence-electron chi connectivity index (χ3n) is 1.81. The summed E-state index contributed by atoms with van der Waals surface area (Å²) in [6, 6.07) is 0. The van der Waals surface area contributed by atoms with Crippen molar-refractivity contribution < 1.29 is 9.90 Å². The average Bonchev–Trinajstić information content (AvgIpc) is 2.00. The van der Waals surface area contributed by atoms with Gasteiger partial charge >= 0.3 is 0 Å². The molecule has 0 aromatic carbocycles. The summed E-state index contributed by atoms with van der Waals surface area (Å²) in [6.45, 7) is 5.39. The van der Waals surface area contributed by atoms with Crippen molar-refractivity contribution in [3.05, 3.63) is 0 Å². The van der Waals surface area contributed by atoms with Crippen molar-refractivity contribution in [2.45, 2.75) is 38.8 Å². The molecule has 0 aromatic rings. The standard InChI is InChI=1S/C8H18N2O2/c1-4-8(3,9)7(12)10-5-6(2)11/h6,11H,4-5,9H2,1-3H3,(H,10,12)/t6-,8?/m1/s1. The largest absolute Gasteiger partial charge is 0.392 e. The molecule has 0 aliphatic heterocycles. The van der Waals surface area contributed by atoms with E-state index in [2.05, 4.69) is 5.32 Å². The van der Waals surface area contributed by atoms with E-state index in [1.165, 1.54) is 0 Å². The molecule has 4 heteroatoms. The van der Waals surface area contributed by atoms with Crippen molar-refractivity contribution in [1.29, 1.82) is 0 Å². The van der Waals surface area contributed by atoms with Crippen LogP contribution in [0.15, 0.2) is 0 Å². The Morgan fingerprint density at radius 2 is 2.25 bits per heavy atom. The highest BCUT2D eigenvalue weighted by Crippen LogP contribution is 2.03. The van der Waals surface area contributed by atoms with Crippen LogP contribution in [-0.2, 0) is 4.79 Å². The second-order valence-electron chi connectivity index (χ2n) is 3.33. The fourth-order valence-corrected chi connectivity index (χ4v) is 0.603. The van der Waals surface area contributed by atoms with Crippen LogP contribution in [0.1, 0.15) is 27.2 Å². The Bertz CT molecular complexity index is 155. The van der Waals surface area contributed by atoms with E-state index in [1.807, 2.05) is 6.92 Å². The molecular weight excluding hydrogens is 156 g/mol. The van der Waals surface area contributed by atoms with Gasteiger partial charge < -0.3 is 16.2 Å². The first-order valence-corrected chi connectivity index (χ1v) is 4.15. The zero-order chi connectivity index (χ0) is 9.78. The van der Waals surface area contributed by atoms with Gasteiger partial charge in [0, 0.05) is 6.54 Å². The number of aliphatic hydroxyl groups is 1. The quantitative estimate of drug-likeness (QED) is 0.543. The van der Waals surface area contributed by atoms with E-state index in [-0.39, 0.29) is 12.5 Å². The van der Waals surface area contributed by atoms with Crippen LogP contribution in [0.5, 0.6) is 0 Å². The maximum atomic E-state index is 11.3. The van der Waals surface area contributed by atoms with Crippen LogP contribution in [0.25, 0.3) is 0 Å². The lowest BCUT2D eigenvalue weighted by Crippen LogP contribution is -2.52. The van der Waals surface area contributed by atoms with Gasteiger partial charge in [-0.2, -0.15) is 0 Å². The molecule has 0 bridgehead atoms. The van der Waals surface area contributed by atoms with Crippen molar-refractivity contribution in [3.8, 4) is 0 Å². The van der Waals surface area contributed by atoms with Crippen molar-refractivity contribution in [3.63, 3.8) is 0 Å². The first-order valence-electron chi connectivity index (χ1n) is 4.15. The minimum Gasteiger partial charge on any atom is -0.392 e. The molecule has 2 atom stereocenters. The number of nitrogens with one attached hydrogen (secondary N) is 1. The van der Waals surface area contributed by atoms with Crippen LogP contribution in [0.4, 0.5) is 0 Å². The minimum absolute atomic E-state index is 0.217. The van der Waals surface area contributed by atoms with E-state index in [0.29, 0.717) is 6.42 Å². The summed E-state index contributed by atoms with van der Waals surface area (Å²) < 4.78 is 0. The van der Waals surface area contributed by atoms with Gasteiger partial charge in [-0.05, 0) is 20.3 Å². The molecule has 12 heavy (non-hydrogen) atoms. The molecule has 0 aliphatic carbocycles. The van der Waals surface area contributed by atoms with Gasteiger partial charge in [0.25, 0.3) is 0 Å². The van der Waals surface area contributed by atoms with Gasteiger partial charge in [0.15, 0.2) is 0 Å². The van der Waals surface area contributed by atoms with Crippen LogP contribution < -0.4 is 11.1 Å². The number of aliphatic hydroxyl groups excluding tert-OH is 1. The third kappa shape index (κ3) is 3.69. The Hall–Kier alpha value is -0.610. The van der Waals surface area contributed by atoms with Crippen LogP contribution in [0, 0.1) is 0 Å². The van der Waals surface area contributed by atoms with Crippen LogP contribution in [0.2, 0.25) is 0 Å². The SMILES string of the molecule is CCC(C)(N)C(=O)NC[C@@H](C)O. The van der Waals surface area contributed by atoms with E-state index < -0.39 is 11.6 Å². The summed E-state index contributed by atoms with van der Waals surface area (Å²) in [5.74, 6) is -0.217. The zero-order valence-corrected chi connectivity index (χ0v) is 7.92. The maximum Gasteiger partial charge on any atom is 0.239 e. The molecule has 0 saturated carbocycles. The van der Waals surface area contributed by atoms with Gasteiger partial charge in [-0.1, -0.05) is 6.92 Å². The summed E-state index contributed by atoms with van der Waals surface area (Å²) in [4.78, 5) is 11.3. The second-order valence-corrected chi connectivity index (χ2v) is 3.33. The minimum atomic E-state index is -0.825. The molecule has 4 nitrogen and oxygen atoms in total. The Morgan fingerprint density at radius 1 is 1.75 bits per heavy atom. The van der Waals surface area contributed by atoms with Crippen molar-refractivity contribution in [2.75, 3.05) is 6.54 Å². The smallest absolute Gasteiger partial charge is 0.239 e. The monoisotopic (exact) mass is 174 g/mol. The predicted molar refractivity (Wildman–Crippen MR) is 47.6 cm³/mol. The van der Waals surface area contributed by atoms with Crippen molar-refractivity contribution >= 4 is 5.91 Å². The van der Waals surface area contributed by atoms with Crippen LogP contribution >= 0.6 is 0 Å². The van der Waals surface area contributed by atoms with Gasteiger partial charge in [-0.15, -0.1) is 0 Å². The van der Waals surface area contributed by atoms with E-state index >= 15 is 0 Å². The third-order valence-corrected chi connectivity index (χ3v) is 1.81. The number of hydrogen-bond donors (Lipinski definition) is 3. The van der Waals surface area contributed by atoms with Crippen molar-refractivity contribution in [2.24, 2.45) is 5.73 Å². The molecule has 0 spiro atoms. The highest BCUT2D eigenvalue weighted by atomic mass is 16.3. The van der Waals surface area contributed by atoms with Crippen molar-refractivity contribution in [1.82, 2.24) is 5.32 Å². The molecule has 0 rings (SSSR count). The summed E-state index contributed by atoms with van der Waals surface area (Å²) in [7, 11) is 0. The van der Waals surface area contributed by atoms with E-state index in [0.717, 1.165) is 0 Å². The first kappa shape index (κ1) is 11.4. The first-order chi connectivity index (χ1) is 5.40. The lowest BCUT2D eigenvalue weighted by Gasteiger charge is -2.21. The molecule has 0 radical (unpaired) electrons. The van der Waals surface area contributed by atoms with Crippen LogP contribution in [0.3, 0.4) is 0 Å². The molecule has 0 heterocycles. The molecule has 72 valence electrons. The molecule has 1 unspecified atom stereocenters. The number of hydrogen-bond acceptors (Lipinski definition) is 3. The normalized spacial score (nSPS) is 18.1. The number of nitrogens with two attached hydrogens (primary N) is 1. The maximum absolute atomic E-state index is 11.3. The topological polar surface area (TPSA) is 75.4 Å². The Balaban J connectivity index is 3.88.